The number of carbonyl (C=O) groups excluding carboxylic acids is 1. The number of aryl methyl sites for hydroxylation is 1. The van der Waals surface area contributed by atoms with E-state index in [2.05, 4.69) is 15.6 Å². The van der Waals surface area contributed by atoms with E-state index in [1.165, 1.54) is 18.4 Å². The highest BCUT2D eigenvalue weighted by molar-refractivity contribution is 5.82. The maximum Gasteiger partial charge on any atom is 0.223 e. The van der Waals surface area contributed by atoms with Crippen molar-refractivity contribution in [3.8, 4) is 0 Å². The number of pyridine rings is 1. The van der Waals surface area contributed by atoms with Crippen molar-refractivity contribution in [3.63, 3.8) is 0 Å². The molecule has 1 unspecified atom stereocenters. The summed E-state index contributed by atoms with van der Waals surface area (Å²) in [4.78, 5) is 16.2. The zero-order valence-electron chi connectivity index (χ0n) is 11.9. The van der Waals surface area contributed by atoms with Gasteiger partial charge in [-0.25, -0.2) is 0 Å². The van der Waals surface area contributed by atoms with Crippen LogP contribution in [-0.2, 0) is 11.2 Å². The van der Waals surface area contributed by atoms with Gasteiger partial charge in [0.25, 0.3) is 0 Å². The molecule has 108 valence electrons. The maximum absolute atomic E-state index is 12.1. The number of carbonyl (C=O) groups is 1. The van der Waals surface area contributed by atoms with Gasteiger partial charge in [-0.3, -0.25) is 9.78 Å². The molecule has 0 aromatic carbocycles. The lowest BCUT2D eigenvalue weighted by Gasteiger charge is -2.23. The molecule has 4 nitrogen and oxygen atoms in total. The van der Waals surface area contributed by atoms with Crippen molar-refractivity contribution in [2.75, 3.05) is 19.6 Å². The van der Waals surface area contributed by atoms with Crippen LogP contribution >= 0.6 is 0 Å². The summed E-state index contributed by atoms with van der Waals surface area (Å²) >= 11 is 0. The van der Waals surface area contributed by atoms with E-state index < -0.39 is 0 Å². The molecule has 20 heavy (non-hydrogen) atoms. The molecule has 0 bridgehead atoms. The number of hydrogen-bond donors (Lipinski definition) is 2. The van der Waals surface area contributed by atoms with Gasteiger partial charge in [-0.2, -0.15) is 0 Å². The summed E-state index contributed by atoms with van der Waals surface area (Å²) in [7, 11) is 0. The van der Waals surface area contributed by atoms with E-state index in [4.69, 9.17) is 0 Å². The smallest absolute Gasteiger partial charge is 0.223 e. The Morgan fingerprint density at radius 1 is 1.35 bits per heavy atom. The van der Waals surface area contributed by atoms with Crippen molar-refractivity contribution in [1.82, 2.24) is 15.6 Å². The number of amides is 1. The Morgan fingerprint density at radius 3 is 2.85 bits per heavy atom. The summed E-state index contributed by atoms with van der Waals surface area (Å²) in [6.07, 6.45) is 9.08. The minimum atomic E-state index is 0.279. The third-order valence-corrected chi connectivity index (χ3v) is 4.80. The Labute approximate surface area is 120 Å². The molecule has 1 amide bonds. The Bertz CT molecular complexity index is 454. The van der Waals surface area contributed by atoms with Gasteiger partial charge in [0.05, 0.1) is 0 Å². The van der Waals surface area contributed by atoms with Crippen LogP contribution in [0, 0.1) is 11.3 Å². The number of piperidine rings is 1. The topological polar surface area (TPSA) is 54.0 Å². The second-order valence-corrected chi connectivity index (χ2v) is 6.12. The van der Waals surface area contributed by atoms with Gasteiger partial charge in [0, 0.05) is 24.9 Å². The second kappa shape index (κ2) is 5.92. The molecule has 1 aliphatic heterocycles. The normalized spacial score (nSPS) is 23.5. The lowest BCUT2D eigenvalue weighted by atomic mass is 9.92. The van der Waals surface area contributed by atoms with Gasteiger partial charge in [0.1, 0.15) is 0 Å². The Morgan fingerprint density at radius 2 is 2.10 bits per heavy atom. The summed E-state index contributed by atoms with van der Waals surface area (Å²) in [6.45, 7) is 2.93. The monoisotopic (exact) mass is 273 g/mol. The average Bonchev–Trinajstić information content (AvgIpc) is 3.19. The minimum Gasteiger partial charge on any atom is -0.356 e. The van der Waals surface area contributed by atoms with Gasteiger partial charge >= 0.3 is 0 Å². The Hall–Kier alpha value is -1.42. The molecule has 1 aromatic heterocycles. The molecule has 2 heterocycles. The van der Waals surface area contributed by atoms with Crippen LogP contribution in [0.3, 0.4) is 0 Å². The molecule has 2 N–H and O–H groups in total. The van der Waals surface area contributed by atoms with Crippen LogP contribution in [-0.4, -0.2) is 30.5 Å². The van der Waals surface area contributed by atoms with Gasteiger partial charge in [-0.15, -0.1) is 0 Å². The largest absolute Gasteiger partial charge is 0.356 e. The van der Waals surface area contributed by atoms with Crippen LogP contribution in [0.15, 0.2) is 24.5 Å². The molecule has 1 aliphatic carbocycles. The number of nitrogens with one attached hydrogen (secondary N) is 2. The van der Waals surface area contributed by atoms with Crippen LogP contribution < -0.4 is 10.6 Å². The van der Waals surface area contributed by atoms with Crippen molar-refractivity contribution in [2.45, 2.75) is 32.1 Å². The summed E-state index contributed by atoms with van der Waals surface area (Å²) in [6, 6.07) is 4.07. The van der Waals surface area contributed by atoms with Gasteiger partial charge in [0.15, 0.2) is 0 Å². The lowest BCUT2D eigenvalue weighted by molar-refractivity contribution is -0.123. The molecule has 1 saturated heterocycles. The van der Waals surface area contributed by atoms with Crippen molar-refractivity contribution >= 4 is 5.91 Å². The molecule has 2 fully saturated rings. The molecular weight excluding hydrogens is 250 g/mol. The lowest BCUT2D eigenvalue weighted by Crippen LogP contribution is -2.34. The Balaban J connectivity index is 1.36. The van der Waals surface area contributed by atoms with Crippen LogP contribution in [0.25, 0.3) is 0 Å². The molecule has 1 saturated carbocycles. The summed E-state index contributed by atoms with van der Waals surface area (Å²) in [5, 5.41) is 6.48. The van der Waals surface area contributed by atoms with E-state index in [0.29, 0.717) is 5.41 Å². The zero-order valence-corrected chi connectivity index (χ0v) is 11.9. The zero-order chi connectivity index (χ0) is 13.8. The van der Waals surface area contributed by atoms with Crippen LogP contribution in [0.5, 0.6) is 0 Å². The highest BCUT2D eigenvalue weighted by Crippen LogP contribution is 2.58. The van der Waals surface area contributed by atoms with E-state index in [9.17, 15) is 4.79 Å². The number of rotatable bonds is 5. The van der Waals surface area contributed by atoms with Crippen molar-refractivity contribution in [2.24, 2.45) is 11.3 Å². The number of hydrogen-bond acceptors (Lipinski definition) is 3. The van der Waals surface area contributed by atoms with E-state index >= 15 is 0 Å². The number of aromatic nitrogens is 1. The van der Waals surface area contributed by atoms with E-state index in [1.54, 1.807) is 0 Å². The van der Waals surface area contributed by atoms with E-state index in [0.717, 1.165) is 38.9 Å². The van der Waals surface area contributed by atoms with Gasteiger partial charge in [0.2, 0.25) is 5.91 Å². The van der Waals surface area contributed by atoms with E-state index in [1.807, 2.05) is 24.5 Å². The predicted molar refractivity (Wildman–Crippen MR) is 78.2 cm³/mol. The second-order valence-electron chi connectivity index (χ2n) is 6.12. The summed E-state index contributed by atoms with van der Waals surface area (Å²) in [5.74, 6) is 0.562. The molecule has 1 atom stereocenters. The first-order valence-electron chi connectivity index (χ1n) is 7.68. The van der Waals surface area contributed by atoms with Gasteiger partial charge in [-0.05, 0) is 68.3 Å². The molecule has 1 aromatic rings. The fourth-order valence-corrected chi connectivity index (χ4v) is 3.37. The molecule has 1 spiro atoms. The first-order valence-corrected chi connectivity index (χ1v) is 7.68. The SMILES string of the molecule is O=C(NCCCc1ccncc1)C1CC12CCNCC2. The quantitative estimate of drug-likeness (QED) is 0.800. The van der Waals surface area contributed by atoms with Gasteiger partial charge < -0.3 is 10.6 Å². The maximum atomic E-state index is 12.1. The molecular formula is C16H23N3O. The molecule has 2 aliphatic rings. The fraction of sp³-hybridized carbons (Fsp3) is 0.625. The molecule has 0 radical (unpaired) electrons. The van der Waals surface area contributed by atoms with Crippen LogP contribution in [0.4, 0.5) is 0 Å². The van der Waals surface area contributed by atoms with Crippen LogP contribution in [0.2, 0.25) is 0 Å². The summed E-state index contributed by atoms with van der Waals surface area (Å²) in [5.41, 5.74) is 1.64. The first kappa shape index (κ1) is 13.6. The highest BCUT2D eigenvalue weighted by atomic mass is 16.2. The molecule has 4 heteroatoms. The summed E-state index contributed by atoms with van der Waals surface area (Å²) < 4.78 is 0. The fourth-order valence-electron chi connectivity index (χ4n) is 3.37. The highest BCUT2D eigenvalue weighted by Gasteiger charge is 2.57. The third kappa shape index (κ3) is 3.01. The average molecular weight is 273 g/mol. The van der Waals surface area contributed by atoms with Gasteiger partial charge in [-0.1, -0.05) is 0 Å². The predicted octanol–water partition coefficient (Wildman–Crippen LogP) is 1.52. The van der Waals surface area contributed by atoms with Crippen molar-refractivity contribution in [1.29, 1.82) is 0 Å². The first-order chi connectivity index (χ1) is 9.80. The number of nitrogens with zero attached hydrogens (tertiary/aromatic N) is 1. The third-order valence-electron chi connectivity index (χ3n) is 4.80. The standard InChI is InChI=1S/C16H23N3O/c20-15(14-12-16(14)5-10-18-11-6-16)19-7-1-2-13-3-8-17-9-4-13/h3-4,8-9,14,18H,1-2,5-7,10-12H2,(H,19,20). The van der Waals surface area contributed by atoms with Crippen molar-refractivity contribution < 1.29 is 4.79 Å². The van der Waals surface area contributed by atoms with E-state index in [-0.39, 0.29) is 11.8 Å². The van der Waals surface area contributed by atoms with Crippen molar-refractivity contribution in [3.05, 3.63) is 30.1 Å². The Kier molecular flexibility index (Phi) is 4.01. The minimum absolute atomic E-state index is 0.279. The van der Waals surface area contributed by atoms with Crippen LogP contribution in [0.1, 0.15) is 31.2 Å². The molecule has 3 rings (SSSR count).